The van der Waals surface area contributed by atoms with Crippen molar-refractivity contribution >= 4 is 9.84 Å². The van der Waals surface area contributed by atoms with Gasteiger partial charge < -0.3 is 5.73 Å². The number of sulfone groups is 1. The zero-order valence-corrected chi connectivity index (χ0v) is 13.5. The van der Waals surface area contributed by atoms with E-state index in [0.717, 1.165) is 32.4 Å². The molecule has 5 heteroatoms. The minimum absolute atomic E-state index is 0.0941. The van der Waals surface area contributed by atoms with Gasteiger partial charge >= 0.3 is 0 Å². The van der Waals surface area contributed by atoms with E-state index in [2.05, 4.69) is 18.7 Å². The van der Waals surface area contributed by atoms with Crippen LogP contribution in [-0.4, -0.2) is 50.0 Å². The fraction of sp³-hybridized carbons (Fsp3) is 1.00. The molecule has 0 aromatic carbocycles. The summed E-state index contributed by atoms with van der Waals surface area (Å²) in [4.78, 5) is 2.49. The van der Waals surface area contributed by atoms with Gasteiger partial charge in [-0.1, -0.05) is 26.7 Å². The number of nitrogens with zero attached hydrogens (tertiary/aromatic N) is 1. The molecule has 0 aromatic heterocycles. The van der Waals surface area contributed by atoms with Crippen molar-refractivity contribution in [2.75, 3.05) is 25.1 Å². The molecule has 0 aliphatic heterocycles. The lowest BCUT2D eigenvalue weighted by molar-refractivity contribution is 0.0740. The molecule has 1 fully saturated rings. The normalized spacial score (nSPS) is 20.9. The zero-order chi connectivity index (χ0) is 14.5. The van der Waals surface area contributed by atoms with Gasteiger partial charge in [0.05, 0.1) is 0 Å². The molecule has 4 nitrogen and oxygen atoms in total. The third-order valence-corrected chi connectivity index (χ3v) is 5.61. The Morgan fingerprint density at radius 3 is 2.16 bits per heavy atom. The van der Waals surface area contributed by atoms with Gasteiger partial charge in [0.1, 0.15) is 9.84 Å². The molecular formula is C14H30N2O2S. The molecule has 0 radical (unpaired) electrons. The quantitative estimate of drug-likeness (QED) is 0.740. The molecule has 0 heterocycles. The molecule has 19 heavy (non-hydrogen) atoms. The number of nitrogens with two attached hydrogens (primary N) is 1. The second-order valence-corrected chi connectivity index (χ2v) is 8.12. The highest BCUT2D eigenvalue weighted by molar-refractivity contribution is 7.90. The summed E-state index contributed by atoms with van der Waals surface area (Å²) in [6.07, 6.45) is 7.61. The van der Waals surface area contributed by atoms with Crippen LogP contribution in [0.3, 0.4) is 0 Å². The number of likely N-dealkylation sites (N-methyl/N-ethyl adjacent to an activating group) is 1. The average Bonchev–Trinajstić information content (AvgIpc) is 2.79. The Bertz CT molecular complexity index is 358. The molecule has 0 saturated heterocycles. The van der Waals surface area contributed by atoms with Crippen LogP contribution in [0.4, 0.5) is 0 Å². The molecule has 0 aromatic rings. The monoisotopic (exact) mass is 290 g/mol. The molecule has 1 unspecified atom stereocenters. The Labute approximate surface area is 118 Å². The summed E-state index contributed by atoms with van der Waals surface area (Å²) in [5, 5.41) is 0. The van der Waals surface area contributed by atoms with Crippen molar-refractivity contribution in [3.05, 3.63) is 0 Å². The van der Waals surface area contributed by atoms with E-state index in [1.807, 2.05) is 0 Å². The highest BCUT2D eigenvalue weighted by Gasteiger charge is 2.42. The maximum Gasteiger partial charge on any atom is 0.147 e. The van der Waals surface area contributed by atoms with E-state index in [1.54, 1.807) is 0 Å². The van der Waals surface area contributed by atoms with Crippen LogP contribution in [0, 0.1) is 0 Å². The molecular weight excluding hydrogens is 260 g/mol. The Morgan fingerprint density at radius 1 is 1.21 bits per heavy atom. The Hall–Kier alpha value is -0.130. The molecule has 1 rings (SSSR count). The second-order valence-electron chi connectivity index (χ2n) is 5.86. The van der Waals surface area contributed by atoms with Crippen molar-refractivity contribution < 1.29 is 8.42 Å². The summed E-state index contributed by atoms with van der Waals surface area (Å²) in [6.45, 7) is 6.42. The molecule has 1 aliphatic carbocycles. The fourth-order valence-electron chi connectivity index (χ4n) is 3.60. The summed E-state index contributed by atoms with van der Waals surface area (Å²) >= 11 is 0. The Kier molecular flexibility index (Phi) is 6.27. The van der Waals surface area contributed by atoms with Gasteiger partial charge in [0.2, 0.25) is 0 Å². The maximum atomic E-state index is 11.2. The van der Waals surface area contributed by atoms with Crippen LogP contribution >= 0.6 is 0 Å². The summed E-state index contributed by atoms with van der Waals surface area (Å²) in [5.41, 5.74) is 6.57. The first kappa shape index (κ1) is 16.9. The molecule has 0 bridgehead atoms. The van der Waals surface area contributed by atoms with Crippen molar-refractivity contribution in [3.8, 4) is 0 Å². The molecule has 0 spiro atoms. The van der Waals surface area contributed by atoms with E-state index < -0.39 is 9.84 Å². The first-order valence-electron chi connectivity index (χ1n) is 7.54. The molecule has 2 N–H and O–H groups in total. The van der Waals surface area contributed by atoms with Crippen LogP contribution in [0.15, 0.2) is 0 Å². The SMILES string of the molecule is CCN(CC)C1(C(N)CCCS(C)(=O)=O)CCCC1. The van der Waals surface area contributed by atoms with Gasteiger partial charge in [0.15, 0.2) is 0 Å². The average molecular weight is 290 g/mol. The van der Waals surface area contributed by atoms with Crippen LogP contribution in [0.1, 0.15) is 52.4 Å². The van der Waals surface area contributed by atoms with Gasteiger partial charge in [0, 0.05) is 23.6 Å². The number of rotatable bonds is 8. The predicted molar refractivity (Wildman–Crippen MR) is 81.0 cm³/mol. The van der Waals surface area contributed by atoms with E-state index in [4.69, 9.17) is 5.73 Å². The van der Waals surface area contributed by atoms with Gasteiger partial charge in [-0.2, -0.15) is 0 Å². The van der Waals surface area contributed by atoms with Crippen molar-refractivity contribution in [1.82, 2.24) is 4.90 Å². The first-order valence-corrected chi connectivity index (χ1v) is 9.60. The minimum atomic E-state index is -2.86. The molecule has 1 aliphatic rings. The van der Waals surface area contributed by atoms with Gasteiger partial charge in [-0.15, -0.1) is 0 Å². The van der Waals surface area contributed by atoms with Crippen LogP contribution in [0.2, 0.25) is 0 Å². The number of hydrogen-bond acceptors (Lipinski definition) is 4. The minimum Gasteiger partial charge on any atom is -0.326 e. The van der Waals surface area contributed by atoms with Crippen molar-refractivity contribution in [2.24, 2.45) is 5.73 Å². The summed E-state index contributed by atoms with van der Waals surface area (Å²) < 4.78 is 22.4. The third-order valence-electron chi connectivity index (χ3n) is 4.58. The Balaban J connectivity index is 2.65. The van der Waals surface area contributed by atoms with Crippen molar-refractivity contribution in [3.63, 3.8) is 0 Å². The highest BCUT2D eigenvalue weighted by Crippen LogP contribution is 2.38. The zero-order valence-electron chi connectivity index (χ0n) is 12.7. The van der Waals surface area contributed by atoms with E-state index in [1.165, 1.54) is 19.1 Å². The summed E-state index contributed by atoms with van der Waals surface area (Å²) in [7, 11) is -2.86. The standard InChI is InChI=1S/C14H30N2O2S/c1-4-16(5-2)14(10-6-7-11-14)13(15)9-8-12-19(3,17)18/h13H,4-12,15H2,1-3H3. The van der Waals surface area contributed by atoms with E-state index >= 15 is 0 Å². The molecule has 1 saturated carbocycles. The molecule has 1 atom stereocenters. The largest absolute Gasteiger partial charge is 0.326 e. The third kappa shape index (κ3) is 4.43. The van der Waals surface area contributed by atoms with E-state index in [-0.39, 0.29) is 17.3 Å². The van der Waals surface area contributed by atoms with Crippen LogP contribution in [0.25, 0.3) is 0 Å². The topological polar surface area (TPSA) is 63.4 Å². The van der Waals surface area contributed by atoms with Gasteiger partial charge in [-0.25, -0.2) is 8.42 Å². The lowest BCUT2D eigenvalue weighted by Gasteiger charge is -2.45. The number of hydrogen-bond donors (Lipinski definition) is 1. The smallest absolute Gasteiger partial charge is 0.147 e. The van der Waals surface area contributed by atoms with Gasteiger partial charge in [-0.05, 0) is 38.8 Å². The highest BCUT2D eigenvalue weighted by atomic mass is 32.2. The fourth-order valence-corrected chi connectivity index (χ4v) is 4.29. The lowest BCUT2D eigenvalue weighted by atomic mass is 9.84. The van der Waals surface area contributed by atoms with Crippen LogP contribution < -0.4 is 5.73 Å². The Morgan fingerprint density at radius 2 is 1.74 bits per heavy atom. The van der Waals surface area contributed by atoms with Gasteiger partial charge in [-0.3, -0.25) is 4.90 Å². The predicted octanol–water partition coefficient (Wildman–Crippen LogP) is 1.79. The van der Waals surface area contributed by atoms with Crippen molar-refractivity contribution in [2.45, 2.75) is 64.0 Å². The van der Waals surface area contributed by atoms with Crippen molar-refractivity contribution in [1.29, 1.82) is 0 Å². The second kappa shape index (κ2) is 7.04. The lowest BCUT2D eigenvalue weighted by Crippen LogP contribution is -2.58. The maximum absolute atomic E-state index is 11.2. The molecule has 114 valence electrons. The molecule has 0 amide bonds. The summed E-state index contributed by atoms with van der Waals surface area (Å²) in [6, 6.07) is 0.0941. The summed E-state index contributed by atoms with van der Waals surface area (Å²) in [5.74, 6) is 0.259. The van der Waals surface area contributed by atoms with Crippen LogP contribution in [0.5, 0.6) is 0 Å². The first-order chi connectivity index (χ1) is 8.85. The van der Waals surface area contributed by atoms with Gasteiger partial charge in [0.25, 0.3) is 0 Å². The van der Waals surface area contributed by atoms with E-state index in [9.17, 15) is 8.42 Å². The van der Waals surface area contributed by atoms with Crippen LogP contribution in [-0.2, 0) is 9.84 Å². The van der Waals surface area contributed by atoms with E-state index in [0.29, 0.717) is 6.42 Å².